The Morgan fingerprint density at radius 2 is 1.62 bits per heavy atom. The van der Waals surface area contributed by atoms with Gasteiger partial charge in [0.15, 0.2) is 5.82 Å². The van der Waals surface area contributed by atoms with Crippen LogP contribution in [0.2, 0.25) is 0 Å². The van der Waals surface area contributed by atoms with Crippen molar-refractivity contribution in [1.29, 1.82) is 0 Å². The van der Waals surface area contributed by atoms with Crippen LogP contribution in [-0.4, -0.2) is 106 Å². The maximum atomic E-state index is 15.5. The molecule has 343 valence electrons. The highest BCUT2D eigenvalue weighted by molar-refractivity contribution is 7.77. The first kappa shape index (κ1) is 42.7. The number of H-pyrrole nitrogens is 1. The van der Waals surface area contributed by atoms with Crippen LogP contribution in [0.25, 0.3) is 28.1 Å². The first-order valence-electron chi connectivity index (χ1n) is 23.0. The van der Waals surface area contributed by atoms with Gasteiger partial charge in [-0.25, -0.2) is 18.7 Å². The number of fused-ring (bicyclic) bond motifs is 2. The van der Waals surface area contributed by atoms with E-state index in [1.807, 2.05) is 42.2 Å². The molecule has 2 N–H and O–H groups in total. The van der Waals surface area contributed by atoms with Crippen LogP contribution in [0.5, 0.6) is 0 Å². The second kappa shape index (κ2) is 15.9. The molecular weight excluding hydrogens is 861 g/mol. The first-order valence-corrected chi connectivity index (χ1v) is 25.1. The highest BCUT2D eigenvalue weighted by atomic mass is 31.2. The van der Waals surface area contributed by atoms with E-state index < -0.39 is 24.8 Å². The maximum Gasteiger partial charge on any atom is 0.438 e. The molecule has 1 saturated carbocycles. The Morgan fingerprint density at radius 1 is 0.924 bits per heavy atom. The zero-order valence-corrected chi connectivity index (χ0v) is 38.7. The van der Waals surface area contributed by atoms with Crippen molar-refractivity contribution >= 4 is 29.6 Å². The number of carbonyl (C=O) groups excluding carboxylic acids is 1. The number of benzene rings is 3. The van der Waals surface area contributed by atoms with Crippen molar-refractivity contribution < 1.29 is 23.3 Å². The molecule has 2 saturated heterocycles. The predicted molar refractivity (Wildman–Crippen MR) is 250 cm³/mol. The zero-order chi connectivity index (χ0) is 45.8. The number of ether oxygens (including phenoxy) is 1. The van der Waals surface area contributed by atoms with Gasteiger partial charge in [0.1, 0.15) is 22.9 Å². The molecule has 0 bridgehead atoms. The van der Waals surface area contributed by atoms with Crippen LogP contribution < -0.4 is 16.8 Å². The van der Waals surface area contributed by atoms with Gasteiger partial charge in [-0.15, -0.1) is 0 Å². The van der Waals surface area contributed by atoms with Crippen LogP contribution in [0.1, 0.15) is 89.3 Å². The molecule has 3 aliphatic heterocycles. The predicted octanol–water partition coefficient (Wildman–Crippen LogP) is 6.13. The molecule has 15 nitrogen and oxygen atoms in total. The summed E-state index contributed by atoms with van der Waals surface area (Å²) in [6.45, 7) is 10.9. The molecule has 3 atom stereocenters. The molecule has 0 spiro atoms. The number of hydrogen-bond acceptors (Lipinski definition) is 9. The third kappa shape index (κ3) is 6.78. The lowest BCUT2D eigenvalue weighted by Crippen LogP contribution is -2.41. The fourth-order valence-electron chi connectivity index (χ4n) is 11.0. The average molecular weight is 915 g/mol. The fourth-order valence-corrected chi connectivity index (χ4v) is 13.8. The van der Waals surface area contributed by atoms with E-state index in [2.05, 4.69) is 51.8 Å². The first-order chi connectivity index (χ1) is 31.8. The zero-order valence-electron chi connectivity index (χ0n) is 37.8. The monoisotopic (exact) mass is 914 g/mol. The standard InChI is InChI=1S/C49H54FN9O6P/c1-29-24-37(25-30(2)43(29)50)59-44(57-17-16-56(48(57)62)36-7-9-38(10-8-36)66(63)22-18-54(5)19-23-66)42-32(4)55(15-12-39(42)52-59)45(60)41-27-35-26-34(33-13-20-64-21-14-33)6-11-40(35)58(41)49(28-31(49)3)46-51-47(61)65-53-46/h6-11,16-17,24-27,31-33,63H,12-15,18-23,28H2,1-5H3,(H,51,53,61)/t31-,32?,49-/m0/s1. The molecule has 3 aromatic carbocycles. The molecule has 7 heterocycles. The fraction of sp³-hybridized carbons (Fsp3) is 0.408. The van der Waals surface area contributed by atoms with E-state index in [1.165, 1.54) is 5.56 Å². The Labute approximate surface area is 380 Å². The van der Waals surface area contributed by atoms with Crippen molar-refractivity contribution in [3.05, 3.63) is 139 Å². The summed E-state index contributed by atoms with van der Waals surface area (Å²) < 4.78 is 32.8. The summed E-state index contributed by atoms with van der Waals surface area (Å²) in [4.78, 5) is 61.2. The van der Waals surface area contributed by atoms with Gasteiger partial charge in [0.2, 0.25) is 0 Å². The van der Waals surface area contributed by atoms with Gasteiger partial charge in [-0.1, -0.05) is 30.3 Å². The van der Waals surface area contributed by atoms with Crippen LogP contribution in [0.15, 0.2) is 87.2 Å². The summed E-state index contributed by atoms with van der Waals surface area (Å²) in [5.41, 5.74) is 4.89. The Bertz CT molecular complexity index is 3140. The molecular formula is C49H54FN9O6P. The van der Waals surface area contributed by atoms with E-state index in [-0.39, 0.29) is 23.3 Å². The van der Waals surface area contributed by atoms with E-state index >= 15 is 9.18 Å². The summed E-state index contributed by atoms with van der Waals surface area (Å²) in [5.74, 6) is 0.0208. The van der Waals surface area contributed by atoms with Gasteiger partial charge in [0, 0.05) is 87.9 Å². The number of amides is 1. The number of imidazole rings is 1. The van der Waals surface area contributed by atoms with Crippen LogP contribution >= 0.6 is 7.49 Å². The van der Waals surface area contributed by atoms with Crippen molar-refractivity contribution in [3.63, 3.8) is 0 Å². The summed E-state index contributed by atoms with van der Waals surface area (Å²) in [7, 11) is -0.226. The Hall–Kier alpha value is -5.93. The van der Waals surface area contributed by atoms with Crippen molar-refractivity contribution in [2.24, 2.45) is 5.92 Å². The van der Waals surface area contributed by atoms with E-state index in [1.54, 1.807) is 52.2 Å². The lowest BCUT2D eigenvalue weighted by molar-refractivity contribution is 0.0663. The molecule has 17 heteroatoms. The quantitative estimate of drug-likeness (QED) is 0.171. The molecule has 1 unspecified atom stereocenters. The van der Waals surface area contributed by atoms with Crippen LogP contribution in [0, 0.1) is 25.6 Å². The SMILES string of the molecule is Cc1cc(-n2nc3c(c2-n2ccn(-c4ccc([P]5(O)CCN(C)CC5)cc4)c2=O)C(C)N(C(=O)c2cc4cc(C5CCOCC5)ccc4n2[C@@]2(c4noc(=O)[nH]4)C[C@@H]2C)CC3)cc(C)c1F. The third-order valence-electron chi connectivity index (χ3n) is 15.0. The number of aryl methyl sites for hydroxylation is 2. The van der Waals surface area contributed by atoms with E-state index in [0.29, 0.717) is 83.9 Å². The molecule has 11 rings (SSSR count). The summed E-state index contributed by atoms with van der Waals surface area (Å²) in [6.07, 6.45) is 7.77. The van der Waals surface area contributed by atoms with Crippen LogP contribution in [0.3, 0.4) is 0 Å². The largest absolute Gasteiger partial charge is 0.438 e. The van der Waals surface area contributed by atoms with Crippen molar-refractivity contribution in [2.45, 2.75) is 70.9 Å². The van der Waals surface area contributed by atoms with Crippen LogP contribution in [-0.2, 0) is 16.7 Å². The molecule has 66 heavy (non-hydrogen) atoms. The smallest absolute Gasteiger partial charge is 0.381 e. The van der Waals surface area contributed by atoms with E-state index in [0.717, 1.165) is 60.2 Å². The molecule has 4 aliphatic rings. The summed E-state index contributed by atoms with van der Waals surface area (Å²) in [5, 5.41) is 11.2. The topological polar surface area (TPSA) is 162 Å². The van der Waals surface area contributed by atoms with Crippen LogP contribution in [0.4, 0.5) is 4.39 Å². The lowest BCUT2D eigenvalue weighted by atomic mass is 9.91. The minimum Gasteiger partial charge on any atom is -0.381 e. The minimum absolute atomic E-state index is 0.0289. The number of rotatable bonds is 8. The van der Waals surface area contributed by atoms with Gasteiger partial charge in [-0.2, -0.15) is 5.10 Å². The number of carbonyl (C=O) groups is 1. The highest BCUT2D eigenvalue weighted by Crippen LogP contribution is 2.56. The summed E-state index contributed by atoms with van der Waals surface area (Å²) >= 11 is 0. The number of hydrogen-bond donors (Lipinski definition) is 2. The van der Waals surface area contributed by atoms with Gasteiger partial charge < -0.3 is 24.0 Å². The van der Waals surface area contributed by atoms with Crippen molar-refractivity contribution in [3.8, 4) is 17.2 Å². The third-order valence-corrected chi connectivity index (χ3v) is 18.1. The Morgan fingerprint density at radius 3 is 2.29 bits per heavy atom. The number of halogens is 1. The molecule has 7 aromatic rings. The average Bonchev–Trinajstić information content (AvgIpc) is 3.82. The molecule has 1 aliphatic carbocycles. The molecule has 1 radical (unpaired) electrons. The summed E-state index contributed by atoms with van der Waals surface area (Å²) in [6, 6.07) is 18.9. The maximum absolute atomic E-state index is 15.5. The Balaban J connectivity index is 1.02. The van der Waals surface area contributed by atoms with E-state index in [4.69, 9.17) is 14.4 Å². The number of nitrogens with zero attached hydrogens (tertiary/aromatic N) is 8. The second-order valence-electron chi connectivity index (χ2n) is 19.0. The lowest BCUT2D eigenvalue weighted by Gasteiger charge is -2.38. The van der Waals surface area contributed by atoms with E-state index in [9.17, 15) is 14.5 Å². The van der Waals surface area contributed by atoms with Gasteiger partial charge >= 0.3 is 11.4 Å². The highest BCUT2D eigenvalue weighted by Gasteiger charge is 2.59. The van der Waals surface area contributed by atoms with Crippen molar-refractivity contribution in [1.82, 2.24) is 43.4 Å². The molecule has 4 aromatic heterocycles. The normalized spacial score (nSPS) is 22.3. The van der Waals surface area contributed by atoms with Gasteiger partial charge in [-0.3, -0.25) is 23.4 Å². The molecule has 1 amide bonds. The van der Waals surface area contributed by atoms with Gasteiger partial charge in [0.25, 0.3) is 5.91 Å². The van der Waals surface area contributed by atoms with Gasteiger partial charge in [0.05, 0.1) is 23.1 Å². The van der Waals surface area contributed by atoms with Gasteiger partial charge in [-0.05, 0) is 123 Å². The minimum atomic E-state index is -2.30. The molecule has 3 fully saturated rings. The number of aromatic nitrogens is 7. The number of nitrogens with one attached hydrogen (secondary N) is 1. The Kier molecular flexibility index (Phi) is 10.3. The number of aromatic amines is 1. The van der Waals surface area contributed by atoms with Crippen molar-refractivity contribution in [2.75, 3.05) is 52.2 Å². The second-order valence-corrected chi connectivity index (χ2v) is 22.2.